The first-order valence-electron chi connectivity index (χ1n) is 9.72. The van der Waals surface area contributed by atoms with Crippen molar-refractivity contribution >= 4 is 39.0 Å². The summed E-state index contributed by atoms with van der Waals surface area (Å²) >= 11 is 2.95. The van der Waals surface area contributed by atoms with Gasteiger partial charge in [0.1, 0.15) is 22.0 Å². The van der Waals surface area contributed by atoms with E-state index in [0.717, 1.165) is 26.4 Å². The molecule has 3 aromatic heterocycles. The Morgan fingerprint density at radius 3 is 2.52 bits per heavy atom. The van der Waals surface area contributed by atoms with Gasteiger partial charge in [-0.05, 0) is 36.8 Å². The van der Waals surface area contributed by atoms with Crippen LogP contribution in [0.1, 0.15) is 18.1 Å². The summed E-state index contributed by atoms with van der Waals surface area (Å²) in [4.78, 5) is 20.0. The monoisotopic (exact) mass is 479 g/mol. The molecule has 0 spiro atoms. The highest BCUT2D eigenvalue weighted by atomic mass is 32.2. The molecule has 0 aliphatic carbocycles. The topological polar surface area (TPSA) is 108 Å². The third kappa shape index (κ3) is 4.20. The number of thiophene rings is 1. The smallest absolute Gasteiger partial charge is 0.269 e. The molecule has 1 unspecified atom stereocenters. The normalized spacial score (nSPS) is 12.2. The Morgan fingerprint density at radius 1 is 1.06 bits per heavy atom. The lowest BCUT2D eigenvalue weighted by Gasteiger charge is -2.08. The molecule has 0 saturated heterocycles. The van der Waals surface area contributed by atoms with Gasteiger partial charge in [-0.25, -0.2) is 14.4 Å². The van der Waals surface area contributed by atoms with Crippen LogP contribution in [0, 0.1) is 15.9 Å². The Bertz CT molecular complexity index is 1450. The summed E-state index contributed by atoms with van der Waals surface area (Å²) < 4.78 is 19.2. The first-order chi connectivity index (χ1) is 16.0. The highest BCUT2D eigenvalue weighted by Gasteiger charge is 2.21. The Labute approximate surface area is 194 Å². The maximum atomic E-state index is 13.4. The van der Waals surface area contributed by atoms with Crippen molar-refractivity contribution in [1.82, 2.24) is 20.2 Å². The summed E-state index contributed by atoms with van der Waals surface area (Å²) in [6.07, 6.45) is 1.51. The number of hydrogen-bond donors (Lipinski definition) is 0. The number of thioether (sulfide) groups is 1. The minimum Gasteiger partial charge on any atom is -0.419 e. The number of fused-ring (bicyclic) bond motifs is 1. The predicted octanol–water partition coefficient (Wildman–Crippen LogP) is 6.31. The molecule has 0 radical (unpaired) electrons. The van der Waals surface area contributed by atoms with Gasteiger partial charge >= 0.3 is 0 Å². The van der Waals surface area contributed by atoms with Crippen LogP contribution < -0.4 is 0 Å². The number of nitro groups is 1. The highest BCUT2D eigenvalue weighted by molar-refractivity contribution is 7.99. The summed E-state index contributed by atoms with van der Waals surface area (Å²) in [5.74, 6) is 0.388. The van der Waals surface area contributed by atoms with Gasteiger partial charge in [0.25, 0.3) is 5.69 Å². The van der Waals surface area contributed by atoms with Gasteiger partial charge in [0, 0.05) is 28.6 Å². The standard InChI is InChI=1S/C22H14FN5O3S2/c1-12(19-26-27-20(31-19)14-4-8-16(9-5-14)28(29)30)33-22-18-17(10-32-21(18)24-11-25-22)13-2-6-15(23)7-3-13/h2-12H,1H3. The Morgan fingerprint density at radius 2 is 1.79 bits per heavy atom. The molecule has 0 aliphatic rings. The van der Waals surface area contributed by atoms with Gasteiger partial charge in [0.2, 0.25) is 11.8 Å². The number of hydrogen-bond acceptors (Lipinski definition) is 9. The first kappa shape index (κ1) is 21.2. The zero-order valence-electron chi connectivity index (χ0n) is 17.0. The summed E-state index contributed by atoms with van der Waals surface area (Å²) in [7, 11) is 0. The van der Waals surface area contributed by atoms with Gasteiger partial charge < -0.3 is 4.42 Å². The zero-order chi connectivity index (χ0) is 22.9. The summed E-state index contributed by atoms with van der Waals surface area (Å²) in [5, 5.41) is 22.5. The van der Waals surface area contributed by atoms with Gasteiger partial charge in [-0.2, -0.15) is 0 Å². The Hall–Kier alpha value is -3.70. The van der Waals surface area contributed by atoms with Crippen molar-refractivity contribution in [2.75, 3.05) is 0 Å². The molecule has 0 fully saturated rings. The van der Waals surface area contributed by atoms with E-state index in [2.05, 4.69) is 20.2 Å². The van der Waals surface area contributed by atoms with E-state index in [1.165, 1.54) is 53.7 Å². The second kappa shape index (κ2) is 8.68. The quantitative estimate of drug-likeness (QED) is 0.121. The summed E-state index contributed by atoms with van der Waals surface area (Å²) in [6, 6.07) is 12.2. The second-order valence-corrected chi connectivity index (χ2v) is 9.21. The van der Waals surface area contributed by atoms with Crippen LogP contribution in [-0.2, 0) is 0 Å². The summed E-state index contributed by atoms with van der Waals surface area (Å²) in [5.41, 5.74) is 2.40. The fourth-order valence-electron chi connectivity index (χ4n) is 3.24. The predicted molar refractivity (Wildman–Crippen MR) is 123 cm³/mol. The van der Waals surface area contributed by atoms with Crippen molar-refractivity contribution in [3.8, 4) is 22.6 Å². The lowest BCUT2D eigenvalue weighted by molar-refractivity contribution is -0.384. The minimum absolute atomic E-state index is 0.0112. The van der Waals surface area contributed by atoms with Crippen LogP contribution in [0.4, 0.5) is 10.1 Å². The Balaban J connectivity index is 1.43. The van der Waals surface area contributed by atoms with E-state index in [0.29, 0.717) is 11.5 Å². The van der Waals surface area contributed by atoms with E-state index in [4.69, 9.17) is 4.42 Å². The molecule has 0 N–H and O–H groups in total. The summed E-state index contributed by atoms with van der Waals surface area (Å²) in [6.45, 7) is 1.93. The minimum atomic E-state index is -0.463. The van der Waals surface area contributed by atoms with E-state index in [1.807, 2.05) is 12.3 Å². The Kier molecular flexibility index (Phi) is 5.56. The molecule has 1 atom stereocenters. The van der Waals surface area contributed by atoms with Crippen LogP contribution >= 0.6 is 23.1 Å². The second-order valence-electron chi connectivity index (χ2n) is 7.02. The largest absolute Gasteiger partial charge is 0.419 e. The maximum absolute atomic E-state index is 13.4. The van der Waals surface area contributed by atoms with E-state index >= 15 is 0 Å². The van der Waals surface area contributed by atoms with Gasteiger partial charge in [-0.1, -0.05) is 23.9 Å². The lowest BCUT2D eigenvalue weighted by Crippen LogP contribution is -1.92. The number of rotatable bonds is 6. The van der Waals surface area contributed by atoms with Crippen molar-refractivity contribution < 1.29 is 13.7 Å². The van der Waals surface area contributed by atoms with E-state index in [1.54, 1.807) is 24.3 Å². The van der Waals surface area contributed by atoms with Gasteiger partial charge in [0.05, 0.1) is 15.6 Å². The molecule has 0 aliphatic heterocycles. The molecule has 33 heavy (non-hydrogen) atoms. The van der Waals surface area contributed by atoms with Crippen molar-refractivity contribution in [1.29, 1.82) is 0 Å². The molecule has 11 heteroatoms. The van der Waals surface area contributed by atoms with E-state index in [9.17, 15) is 14.5 Å². The van der Waals surface area contributed by atoms with Gasteiger partial charge in [0.15, 0.2) is 0 Å². The number of benzene rings is 2. The average Bonchev–Trinajstić information content (AvgIpc) is 3.48. The van der Waals surface area contributed by atoms with Crippen LogP contribution in [0.3, 0.4) is 0 Å². The fourth-order valence-corrected chi connectivity index (χ4v) is 5.18. The molecule has 164 valence electrons. The molecule has 0 bridgehead atoms. The maximum Gasteiger partial charge on any atom is 0.269 e. The molecular formula is C22H14FN5O3S2. The third-order valence-electron chi connectivity index (χ3n) is 4.89. The molecule has 3 heterocycles. The molecule has 0 amide bonds. The van der Waals surface area contributed by atoms with Crippen LogP contribution in [0.15, 0.2) is 69.7 Å². The SMILES string of the molecule is CC(Sc1ncnc2scc(-c3ccc(F)cc3)c12)c1nnc(-c2ccc([N+](=O)[O-])cc2)o1. The van der Waals surface area contributed by atoms with Crippen molar-refractivity contribution in [2.45, 2.75) is 17.2 Å². The van der Waals surface area contributed by atoms with Crippen LogP contribution in [0.2, 0.25) is 0 Å². The zero-order valence-corrected chi connectivity index (χ0v) is 18.6. The van der Waals surface area contributed by atoms with Gasteiger partial charge in [-0.15, -0.1) is 21.5 Å². The van der Waals surface area contributed by atoms with E-state index < -0.39 is 4.92 Å². The van der Waals surface area contributed by atoms with Crippen LogP contribution in [-0.4, -0.2) is 25.1 Å². The van der Waals surface area contributed by atoms with Crippen molar-refractivity contribution in [3.63, 3.8) is 0 Å². The van der Waals surface area contributed by atoms with Crippen LogP contribution in [0.25, 0.3) is 32.8 Å². The van der Waals surface area contributed by atoms with Gasteiger partial charge in [-0.3, -0.25) is 10.1 Å². The highest BCUT2D eigenvalue weighted by Crippen LogP contribution is 2.42. The molecule has 2 aromatic carbocycles. The van der Waals surface area contributed by atoms with Crippen LogP contribution in [0.5, 0.6) is 0 Å². The average molecular weight is 480 g/mol. The molecule has 8 nitrogen and oxygen atoms in total. The third-order valence-corrected chi connectivity index (χ3v) is 6.87. The van der Waals surface area contributed by atoms with E-state index in [-0.39, 0.29) is 22.6 Å². The number of halogens is 1. The van der Waals surface area contributed by atoms with Crippen molar-refractivity contribution in [3.05, 3.63) is 82.1 Å². The molecule has 5 aromatic rings. The number of nitrogens with zero attached hydrogens (tertiary/aromatic N) is 5. The molecular weight excluding hydrogens is 465 g/mol. The number of aromatic nitrogens is 4. The first-order valence-corrected chi connectivity index (χ1v) is 11.5. The lowest BCUT2D eigenvalue weighted by atomic mass is 10.1. The van der Waals surface area contributed by atoms with Crippen molar-refractivity contribution in [2.24, 2.45) is 0 Å². The fraction of sp³-hybridized carbons (Fsp3) is 0.0909. The molecule has 0 saturated carbocycles. The number of non-ortho nitro benzene ring substituents is 1. The number of nitro benzene ring substituents is 1. The molecule has 5 rings (SSSR count).